The molecule has 0 saturated heterocycles. The molecule has 1 unspecified atom stereocenters. The van der Waals surface area contributed by atoms with E-state index >= 15 is 0 Å². The molecule has 8 heteroatoms. The van der Waals surface area contributed by atoms with Crippen molar-refractivity contribution in [2.24, 2.45) is 5.92 Å². The fraction of sp³-hybridized carbons (Fsp3) is 0.700. The summed E-state index contributed by atoms with van der Waals surface area (Å²) < 4.78 is 10.2. The summed E-state index contributed by atoms with van der Waals surface area (Å²) in [6.45, 7) is 6.15. The van der Waals surface area contributed by atoms with Gasteiger partial charge in [0.05, 0.1) is 18.3 Å². The number of carbonyl (C=O) groups excluding carboxylic acids is 2. The Balaban J connectivity index is 3.83. The van der Waals surface area contributed by atoms with Gasteiger partial charge in [-0.1, -0.05) is 152 Å². The van der Waals surface area contributed by atoms with E-state index in [0.717, 1.165) is 31.6 Å². The molecule has 0 fully saturated rings. The lowest BCUT2D eigenvalue weighted by molar-refractivity contribution is -0.152. The standard InChI is InChI=1S/C40H68O8/c1-4-6-19-26-35(41)27-21-16-13-14-17-22-28-37(43)38(44)29-24-31-40(46)48-33-36(42)32-47-39(45)30-23-18-12-10-8-7-9-11-15-20-25-34(3)5-2/h6,13-14,16-17,19,21-22,27-28,34-38,41-44H,4-5,7-12,15,18,20,23-26,29-33H2,1-3H3/b16-13+,17-14-,19-6-,27-21+,28-22-/t34?,35-,36+,37+,38+/m1/s1. The van der Waals surface area contributed by atoms with Crippen LogP contribution in [0.5, 0.6) is 0 Å². The largest absolute Gasteiger partial charge is 0.463 e. The van der Waals surface area contributed by atoms with Gasteiger partial charge in [-0.3, -0.25) is 9.59 Å². The Kier molecular flexibility index (Phi) is 31.3. The first-order valence-corrected chi connectivity index (χ1v) is 18.6. The highest BCUT2D eigenvalue weighted by Gasteiger charge is 2.15. The number of aliphatic hydroxyl groups excluding tert-OH is 4. The molecule has 5 atom stereocenters. The number of allylic oxidation sites excluding steroid dienone is 7. The molecule has 276 valence electrons. The van der Waals surface area contributed by atoms with Crippen LogP contribution in [0.25, 0.3) is 0 Å². The van der Waals surface area contributed by atoms with Gasteiger partial charge >= 0.3 is 11.9 Å². The number of ether oxygens (including phenoxy) is 2. The van der Waals surface area contributed by atoms with Crippen molar-refractivity contribution in [3.63, 3.8) is 0 Å². The summed E-state index contributed by atoms with van der Waals surface area (Å²) in [5.41, 5.74) is 0. The Bertz CT molecular complexity index is 922. The SMILES string of the molecule is CC/C=C\C[C@@H](O)/C=C/C=C/C=C\C=C/[C@H](O)[C@@H](O)CCCC(=O)OC[C@@H](O)COC(=O)CCCCCCCCCCCCC(C)CC. The number of hydrogen-bond acceptors (Lipinski definition) is 8. The zero-order valence-corrected chi connectivity index (χ0v) is 30.2. The van der Waals surface area contributed by atoms with Gasteiger partial charge in [0.15, 0.2) is 0 Å². The second kappa shape index (κ2) is 33.0. The fourth-order valence-electron chi connectivity index (χ4n) is 4.81. The van der Waals surface area contributed by atoms with Crippen LogP contribution in [-0.2, 0) is 19.1 Å². The van der Waals surface area contributed by atoms with Crippen molar-refractivity contribution >= 4 is 11.9 Å². The van der Waals surface area contributed by atoms with Gasteiger partial charge in [-0.05, 0) is 38.0 Å². The highest BCUT2D eigenvalue weighted by atomic mass is 16.6. The van der Waals surface area contributed by atoms with Crippen LogP contribution in [0, 0.1) is 5.92 Å². The molecule has 0 bridgehead atoms. The van der Waals surface area contributed by atoms with Crippen molar-refractivity contribution in [3.05, 3.63) is 60.8 Å². The van der Waals surface area contributed by atoms with Gasteiger partial charge in [0, 0.05) is 12.8 Å². The summed E-state index contributed by atoms with van der Waals surface area (Å²) in [5, 5.41) is 40.0. The highest BCUT2D eigenvalue weighted by Crippen LogP contribution is 2.15. The predicted octanol–water partition coefficient (Wildman–Crippen LogP) is 8.00. The van der Waals surface area contributed by atoms with Crippen molar-refractivity contribution in [3.8, 4) is 0 Å². The van der Waals surface area contributed by atoms with Crippen molar-refractivity contribution < 1.29 is 39.5 Å². The summed E-state index contributed by atoms with van der Waals surface area (Å²) >= 11 is 0. The number of hydrogen-bond donors (Lipinski definition) is 4. The zero-order valence-electron chi connectivity index (χ0n) is 30.2. The minimum absolute atomic E-state index is 0.0280. The van der Waals surface area contributed by atoms with E-state index in [0.29, 0.717) is 19.3 Å². The average Bonchev–Trinajstić information content (AvgIpc) is 3.07. The van der Waals surface area contributed by atoms with Gasteiger partial charge in [0.1, 0.15) is 19.3 Å². The van der Waals surface area contributed by atoms with Crippen LogP contribution in [-0.4, -0.2) is 70.0 Å². The van der Waals surface area contributed by atoms with Crippen LogP contribution in [0.2, 0.25) is 0 Å². The molecule has 0 heterocycles. The second-order valence-corrected chi connectivity index (χ2v) is 12.8. The summed E-state index contributed by atoms with van der Waals surface area (Å²) in [7, 11) is 0. The van der Waals surface area contributed by atoms with E-state index in [1.807, 2.05) is 19.1 Å². The molecule has 0 aromatic rings. The normalized spacial score (nSPS) is 15.6. The van der Waals surface area contributed by atoms with Crippen molar-refractivity contribution in [1.29, 1.82) is 0 Å². The lowest BCUT2D eigenvalue weighted by Gasteiger charge is -2.14. The second-order valence-electron chi connectivity index (χ2n) is 12.8. The molecule has 0 aromatic carbocycles. The molecule has 0 saturated carbocycles. The van der Waals surface area contributed by atoms with Gasteiger partial charge < -0.3 is 29.9 Å². The van der Waals surface area contributed by atoms with Gasteiger partial charge in [-0.15, -0.1) is 0 Å². The maximum atomic E-state index is 12.0. The lowest BCUT2D eigenvalue weighted by Crippen LogP contribution is -2.26. The molecule has 0 spiro atoms. The molecule has 0 radical (unpaired) electrons. The first kappa shape index (κ1) is 45.5. The van der Waals surface area contributed by atoms with E-state index < -0.39 is 30.4 Å². The Morgan fingerprint density at radius 3 is 1.67 bits per heavy atom. The number of aliphatic hydroxyl groups is 4. The first-order chi connectivity index (χ1) is 23.2. The van der Waals surface area contributed by atoms with Crippen LogP contribution >= 0.6 is 0 Å². The highest BCUT2D eigenvalue weighted by molar-refractivity contribution is 5.69. The number of unbranched alkanes of at least 4 members (excludes halogenated alkanes) is 9. The Morgan fingerprint density at radius 1 is 0.604 bits per heavy atom. The smallest absolute Gasteiger partial charge is 0.305 e. The van der Waals surface area contributed by atoms with Crippen LogP contribution in [0.3, 0.4) is 0 Å². The predicted molar refractivity (Wildman–Crippen MR) is 195 cm³/mol. The van der Waals surface area contributed by atoms with E-state index in [1.165, 1.54) is 63.9 Å². The van der Waals surface area contributed by atoms with Crippen LogP contribution in [0.1, 0.15) is 136 Å². The summed E-state index contributed by atoms with van der Waals surface area (Å²) in [6, 6.07) is 0. The van der Waals surface area contributed by atoms with E-state index in [4.69, 9.17) is 9.47 Å². The maximum Gasteiger partial charge on any atom is 0.305 e. The molecule has 0 aliphatic carbocycles. The van der Waals surface area contributed by atoms with Gasteiger partial charge in [0.2, 0.25) is 0 Å². The average molecular weight is 677 g/mol. The van der Waals surface area contributed by atoms with E-state index in [2.05, 4.69) is 13.8 Å². The first-order valence-electron chi connectivity index (χ1n) is 18.6. The number of carbonyl (C=O) groups is 2. The maximum absolute atomic E-state index is 12.0. The molecule has 4 N–H and O–H groups in total. The summed E-state index contributed by atoms with van der Waals surface area (Å²) in [4.78, 5) is 23.9. The molecule has 0 aromatic heterocycles. The van der Waals surface area contributed by atoms with E-state index in [1.54, 1.807) is 42.5 Å². The fourth-order valence-corrected chi connectivity index (χ4v) is 4.81. The van der Waals surface area contributed by atoms with Crippen molar-refractivity contribution in [2.75, 3.05) is 13.2 Å². The Labute approximate surface area is 291 Å². The number of esters is 2. The molecule has 0 amide bonds. The third-order valence-corrected chi connectivity index (χ3v) is 8.15. The Morgan fingerprint density at radius 2 is 1.10 bits per heavy atom. The molecular formula is C40H68O8. The third-order valence-electron chi connectivity index (χ3n) is 8.15. The molecule has 0 aliphatic heterocycles. The monoisotopic (exact) mass is 676 g/mol. The molecule has 0 rings (SSSR count). The lowest BCUT2D eigenvalue weighted by atomic mass is 9.99. The topological polar surface area (TPSA) is 134 Å². The molecular weight excluding hydrogens is 608 g/mol. The summed E-state index contributed by atoms with van der Waals surface area (Å²) in [6.07, 6.45) is 30.8. The third kappa shape index (κ3) is 30.8. The van der Waals surface area contributed by atoms with Crippen molar-refractivity contribution in [2.45, 2.75) is 161 Å². The minimum Gasteiger partial charge on any atom is -0.463 e. The van der Waals surface area contributed by atoms with E-state index in [9.17, 15) is 30.0 Å². The molecule has 8 nitrogen and oxygen atoms in total. The van der Waals surface area contributed by atoms with E-state index in [-0.39, 0.29) is 32.0 Å². The van der Waals surface area contributed by atoms with Crippen LogP contribution in [0.15, 0.2) is 60.8 Å². The van der Waals surface area contributed by atoms with Gasteiger partial charge in [-0.2, -0.15) is 0 Å². The van der Waals surface area contributed by atoms with Crippen molar-refractivity contribution in [1.82, 2.24) is 0 Å². The molecule has 48 heavy (non-hydrogen) atoms. The summed E-state index contributed by atoms with van der Waals surface area (Å²) in [5.74, 6) is -0.0333. The zero-order chi connectivity index (χ0) is 35.7. The van der Waals surface area contributed by atoms with Crippen LogP contribution in [0.4, 0.5) is 0 Å². The minimum atomic E-state index is -1.09. The van der Waals surface area contributed by atoms with Gasteiger partial charge in [0.25, 0.3) is 0 Å². The quantitative estimate of drug-likeness (QED) is 0.0251. The number of rotatable bonds is 31. The Hall–Kier alpha value is -2.52. The van der Waals surface area contributed by atoms with Crippen LogP contribution < -0.4 is 0 Å². The van der Waals surface area contributed by atoms with Gasteiger partial charge in [-0.25, -0.2) is 0 Å². The molecule has 0 aliphatic rings.